The fourth-order valence-corrected chi connectivity index (χ4v) is 2.75. The minimum Gasteiger partial charge on any atom is -0.484 e. The van der Waals surface area contributed by atoms with Gasteiger partial charge in [-0.05, 0) is 48.5 Å². The molecule has 2 aromatic carbocycles. The van der Waals surface area contributed by atoms with Gasteiger partial charge in [-0.2, -0.15) is 0 Å². The number of imidazole rings is 1. The molecule has 27 heavy (non-hydrogen) atoms. The van der Waals surface area contributed by atoms with Crippen LogP contribution in [0.3, 0.4) is 0 Å². The Labute approximate surface area is 160 Å². The van der Waals surface area contributed by atoms with E-state index in [1.165, 1.54) is 0 Å². The van der Waals surface area contributed by atoms with Gasteiger partial charge in [0.25, 0.3) is 5.91 Å². The SMILES string of the molecule is O=C(COc1ccc(Cl)cc1)Nc1ccc(-n2cnc3ccccc32)nc1. The lowest BCUT2D eigenvalue weighted by Crippen LogP contribution is -2.20. The van der Waals surface area contributed by atoms with E-state index in [9.17, 15) is 4.79 Å². The molecule has 1 amide bonds. The lowest BCUT2D eigenvalue weighted by Gasteiger charge is -2.08. The standard InChI is InChI=1S/C20H15ClN4O2/c21-14-5-8-16(9-6-14)27-12-20(26)24-15-7-10-19(22-11-15)25-13-23-17-3-1-2-4-18(17)25/h1-11,13H,12H2,(H,24,26). The van der Waals surface area contributed by atoms with Crippen LogP contribution in [0.4, 0.5) is 5.69 Å². The molecule has 0 aliphatic rings. The van der Waals surface area contributed by atoms with Crippen molar-refractivity contribution < 1.29 is 9.53 Å². The van der Waals surface area contributed by atoms with Gasteiger partial charge in [-0.25, -0.2) is 9.97 Å². The number of rotatable bonds is 5. The first-order valence-electron chi connectivity index (χ1n) is 8.26. The molecule has 134 valence electrons. The number of amides is 1. The maximum atomic E-state index is 12.0. The third-order valence-electron chi connectivity index (χ3n) is 3.92. The van der Waals surface area contributed by atoms with E-state index in [1.54, 1.807) is 42.9 Å². The summed E-state index contributed by atoms with van der Waals surface area (Å²) in [4.78, 5) is 20.8. The third kappa shape index (κ3) is 3.91. The van der Waals surface area contributed by atoms with Crippen LogP contribution in [0.2, 0.25) is 5.02 Å². The highest BCUT2D eigenvalue weighted by Crippen LogP contribution is 2.18. The summed E-state index contributed by atoms with van der Waals surface area (Å²) in [5, 5.41) is 3.37. The molecular weight excluding hydrogens is 364 g/mol. The van der Waals surface area contributed by atoms with Gasteiger partial charge in [0.2, 0.25) is 0 Å². The van der Waals surface area contributed by atoms with Crippen LogP contribution in [0.5, 0.6) is 5.75 Å². The van der Waals surface area contributed by atoms with E-state index in [-0.39, 0.29) is 12.5 Å². The van der Waals surface area contributed by atoms with Crippen LogP contribution < -0.4 is 10.1 Å². The van der Waals surface area contributed by atoms with Gasteiger partial charge >= 0.3 is 0 Å². The van der Waals surface area contributed by atoms with Gasteiger partial charge in [-0.1, -0.05) is 23.7 Å². The van der Waals surface area contributed by atoms with E-state index in [2.05, 4.69) is 15.3 Å². The van der Waals surface area contributed by atoms with E-state index in [0.717, 1.165) is 16.9 Å². The van der Waals surface area contributed by atoms with Gasteiger partial charge in [-0.15, -0.1) is 0 Å². The second-order valence-corrected chi connectivity index (χ2v) is 6.24. The summed E-state index contributed by atoms with van der Waals surface area (Å²) in [5.74, 6) is 1.03. The third-order valence-corrected chi connectivity index (χ3v) is 4.17. The zero-order chi connectivity index (χ0) is 18.6. The number of hydrogen-bond acceptors (Lipinski definition) is 4. The molecule has 2 aromatic heterocycles. The topological polar surface area (TPSA) is 69.0 Å². The van der Waals surface area contributed by atoms with Crippen LogP contribution in [0, 0.1) is 0 Å². The molecule has 0 radical (unpaired) electrons. The number of ether oxygens (including phenoxy) is 1. The zero-order valence-electron chi connectivity index (χ0n) is 14.2. The smallest absolute Gasteiger partial charge is 0.262 e. The first-order chi connectivity index (χ1) is 13.2. The Kier molecular flexibility index (Phi) is 4.72. The maximum Gasteiger partial charge on any atom is 0.262 e. The molecule has 0 fully saturated rings. The number of hydrogen-bond donors (Lipinski definition) is 1. The first kappa shape index (κ1) is 17.1. The van der Waals surface area contributed by atoms with Crippen molar-refractivity contribution in [2.75, 3.05) is 11.9 Å². The van der Waals surface area contributed by atoms with Crippen LogP contribution >= 0.6 is 11.6 Å². The molecule has 4 aromatic rings. The molecule has 1 N–H and O–H groups in total. The van der Waals surface area contributed by atoms with Gasteiger partial charge in [0.05, 0.1) is 22.9 Å². The Hall–Kier alpha value is -3.38. The van der Waals surface area contributed by atoms with Crippen LogP contribution in [-0.4, -0.2) is 27.0 Å². The van der Waals surface area contributed by atoms with Crippen LogP contribution in [0.25, 0.3) is 16.9 Å². The van der Waals surface area contributed by atoms with E-state index in [1.807, 2.05) is 34.9 Å². The number of carbonyl (C=O) groups excluding carboxylic acids is 1. The number of pyridine rings is 1. The molecule has 0 aliphatic carbocycles. The molecule has 0 atom stereocenters. The summed E-state index contributed by atoms with van der Waals surface area (Å²) in [7, 11) is 0. The molecule has 0 saturated heterocycles. The number of fused-ring (bicyclic) bond motifs is 1. The highest BCUT2D eigenvalue weighted by molar-refractivity contribution is 6.30. The van der Waals surface area contributed by atoms with Crippen molar-refractivity contribution in [3.05, 3.63) is 78.2 Å². The minimum atomic E-state index is -0.271. The van der Waals surface area contributed by atoms with Crippen LogP contribution in [0.15, 0.2) is 73.2 Å². The molecule has 4 rings (SSSR count). The summed E-state index contributed by atoms with van der Waals surface area (Å²) < 4.78 is 7.32. The number of nitrogens with zero attached hydrogens (tertiary/aromatic N) is 3. The van der Waals surface area contributed by atoms with Gasteiger partial charge in [-0.3, -0.25) is 9.36 Å². The lowest BCUT2D eigenvalue weighted by atomic mass is 10.3. The summed E-state index contributed by atoms with van der Waals surface area (Å²) >= 11 is 5.82. The number of carbonyl (C=O) groups is 1. The number of nitrogens with one attached hydrogen (secondary N) is 1. The molecule has 0 bridgehead atoms. The van der Waals surface area contributed by atoms with Crippen molar-refractivity contribution in [3.63, 3.8) is 0 Å². The van der Waals surface area contributed by atoms with E-state index in [4.69, 9.17) is 16.3 Å². The Bertz CT molecular complexity index is 1080. The Morgan fingerprint density at radius 2 is 1.85 bits per heavy atom. The maximum absolute atomic E-state index is 12.0. The van der Waals surface area contributed by atoms with Crippen molar-refractivity contribution in [2.24, 2.45) is 0 Å². The van der Waals surface area contributed by atoms with E-state index < -0.39 is 0 Å². The Morgan fingerprint density at radius 1 is 1.04 bits per heavy atom. The van der Waals surface area contributed by atoms with Gasteiger partial charge in [0.1, 0.15) is 17.9 Å². The van der Waals surface area contributed by atoms with Crippen molar-refractivity contribution in [2.45, 2.75) is 0 Å². The van der Waals surface area contributed by atoms with Crippen molar-refractivity contribution in [1.82, 2.24) is 14.5 Å². The van der Waals surface area contributed by atoms with Gasteiger partial charge in [0.15, 0.2) is 6.61 Å². The number of aromatic nitrogens is 3. The lowest BCUT2D eigenvalue weighted by molar-refractivity contribution is -0.118. The average molecular weight is 379 g/mol. The molecular formula is C20H15ClN4O2. The molecule has 0 spiro atoms. The Morgan fingerprint density at radius 3 is 2.63 bits per heavy atom. The van der Waals surface area contributed by atoms with Gasteiger partial charge in [0, 0.05) is 5.02 Å². The summed E-state index contributed by atoms with van der Waals surface area (Å²) in [6, 6.07) is 18.3. The highest BCUT2D eigenvalue weighted by atomic mass is 35.5. The molecule has 6 nitrogen and oxygen atoms in total. The van der Waals surface area contributed by atoms with E-state index in [0.29, 0.717) is 16.5 Å². The molecule has 7 heteroatoms. The first-order valence-corrected chi connectivity index (χ1v) is 8.63. The zero-order valence-corrected chi connectivity index (χ0v) is 14.9. The Balaban J connectivity index is 1.40. The average Bonchev–Trinajstić information content (AvgIpc) is 3.12. The number of anilines is 1. The summed E-state index contributed by atoms with van der Waals surface area (Å²) in [5.41, 5.74) is 2.46. The van der Waals surface area contributed by atoms with E-state index >= 15 is 0 Å². The fourth-order valence-electron chi connectivity index (χ4n) is 2.62. The van der Waals surface area contributed by atoms with Crippen molar-refractivity contribution in [3.8, 4) is 11.6 Å². The molecule has 2 heterocycles. The predicted molar refractivity (Wildman–Crippen MR) is 104 cm³/mol. The van der Waals surface area contributed by atoms with Crippen molar-refractivity contribution in [1.29, 1.82) is 0 Å². The van der Waals surface area contributed by atoms with Crippen LogP contribution in [0.1, 0.15) is 0 Å². The summed E-state index contributed by atoms with van der Waals surface area (Å²) in [6.07, 6.45) is 3.33. The molecule has 0 aliphatic heterocycles. The quantitative estimate of drug-likeness (QED) is 0.568. The fraction of sp³-hybridized carbons (Fsp3) is 0.0500. The second-order valence-electron chi connectivity index (χ2n) is 5.80. The normalized spacial score (nSPS) is 10.7. The van der Waals surface area contributed by atoms with Crippen molar-refractivity contribution >= 4 is 34.2 Å². The predicted octanol–water partition coefficient (Wildman–Crippen LogP) is 4.09. The molecule has 0 saturated carbocycles. The summed E-state index contributed by atoms with van der Waals surface area (Å²) in [6.45, 7) is -0.102. The monoisotopic (exact) mass is 378 g/mol. The minimum absolute atomic E-state index is 0.102. The number of para-hydroxylation sites is 2. The molecule has 0 unspecified atom stereocenters. The number of benzene rings is 2. The second kappa shape index (κ2) is 7.47. The van der Waals surface area contributed by atoms with Gasteiger partial charge < -0.3 is 10.1 Å². The largest absolute Gasteiger partial charge is 0.484 e. The van der Waals surface area contributed by atoms with Crippen LogP contribution in [-0.2, 0) is 4.79 Å². The highest BCUT2D eigenvalue weighted by Gasteiger charge is 2.07. The number of halogens is 1.